The third-order valence-electron chi connectivity index (χ3n) is 4.28. The lowest BCUT2D eigenvalue weighted by Crippen LogP contribution is -2.31. The van der Waals surface area contributed by atoms with E-state index in [1.54, 1.807) is 29.8 Å². The lowest BCUT2D eigenvalue weighted by atomic mass is 10.2. The van der Waals surface area contributed by atoms with Crippen molar-refractivity contribution in [3.63, 3.8) is 0 Å². The summed E-state index contributed by atoms with van der Waals surface area (Å²) >= 11 is 5.98. The van der Waals surface area contributed by atoms with Gasteiger partial charge in [0.25, 0.3) is 5.91 Å². The predicted octanol–water partition coefficient (Wildman–Crippen LogP) is 4.11. The van der Waals surface area contributed by atoms with Gasteiger partial charge < -0.3 is 9.88 Å². The zero-order valence-corrected chi connectivity index (χ0v) is 15.5. The van der Waals surface area contributed by atoms with Crippen molar-refractivity contribution >= 4 is 28.4 Å². The molecule has 2 heterocycles. The van der Waals surface area contributed by atoms with Crippen LogP contribution in [-0.4, -0.2) is 26.8 Å². The Bertz CT molecular complexity index is 977. The molecule has 0 aliphatic carbocycles. The van der Waals surface area contributed by atoms with Crippen molar-refractivity contribution in [1.29, 1.82) is 0 Å². The number of fused-ring (bicyclic) bond motifs is 1. The first-order chi connectivity index (χ1) is 12.6. The molecule has 1 amide bonds. The first kappa shape index (κ1) is 19.3. The van der Waals surface area contributed by atoms with E-state index in [1.807, 2.05) is 13.0 Å². The van der Waals surface area contributed by atoms with Crippen LogP contribution in [0.4, 0.5) is 13.2 Å². The molecule has 3 aromatic rings. The summed E-state index contributed by atoms with van der Waals surface area (Å²) in [7, 11) is 1.79. The predicted molar refractivity (Wildman–Crippen MR) is 96.7 cm³/mol. The molecule has 27 heavy (non-hydrogen) atoms. The molecule has 0 spiro atoms. The van der Waals surface area contributed by atoms with E-state index in [4.69, 9.17) is 11.6 Å². The fourth-order valence-corrected chi connectivity index (χ4v) is 3.07. The Balaban J connectivity index is 1.62. The second-order valence-corrected chi connectivity index (χ2v) is 6.96. The Kier molecular flexibility index (Phi) is 5.19. The van der Waals surface area contributed by atoms with Crippen LogP contribution >= 0.6 is 11.6 Å². The topological polar surface area (TPSA) is 51.9 Å². The summed E-state index contributed by atoms with van der Waals surface area (Å²) in [6.07, 6.45) is -3.17. The van der Waals surface area contributed by atoms with Crippen molar-refractivity contribution in [3.05, 3.63) is 52.9 Å². The standard InChI is InChI=1S/C18H18ClF3N4O/c1-11(10-26-6-5-16(24-26)18(20,21)22)9-23-17(27)15-8-12-7-13(19)3-4-14(12)25(15)2/h3-8,11H,9-10H2,1-2H3,(H,23,27). The maximum Gasteiger partial charge on any atom is 0.435 e. The molecule has 0 fully saturated rings. The Morgan fingerprint density at radius 2 is 2.04 bits per heavy atom. The molecule has 0 bridgehead atoms. The maximum atomic E-state index is 12.6. The average Bonchev–Trinajstić information content (AvgIpc) is 3.17. The first-order valence-electron chi connectivity index (χ1n) is 8.29. The summed E-state index contributed by atoms with van der Waals surface area (Å²) in [4.78, 5) is 12.5. The SMILES string of the molecule is CC(CNC(=O)c1cc2cc(Cl)ccc2n1C)Cn1ccc(C(F)(F)F)n1. The Hall–Kier alpha value is -2.48. The number of rotatable bonds is 5. The molecule has 0 aliphatic rings. The summed E-state index contributed by atoms with van der Waals surface area (Å²) in [5, 5.41) is 7.79. The highest BCUT2D eigenvalue weighted by Gasteiger charge is 2.33. The van der Waals surface area contributed by atoms with Gasteiger partial charge in [0.1, 0.15) is 5.69 Å². The lowest BCUT2D eigenvalue weighted by Gasteiger charge is -2.13. The molecule has 1 aromatic carbocycles. The number of nitrogens with zero attached hydrogens (tertiary/aromatic N) is 3. The number of carbonyl (C=O) groups excluding carboxylic acids is 1. The summed E-state index contributed by atoms with van der Waals surface area (Å²) < 4.78 is 40.8. The van der Waals surface area contributed by atoms with E-state index in [-0.39, 0.29) is 18.4 Å². The summed E-state index contributed by atoms with van der Waals surface area (Å²) in [6.45, 7) is 2.40. The van der Waals surface area contributed by atoms with Crippen LogP contribution in [0.3, 0.4) is 0 Å². The van der Waals surface area contributed by atoms with E-state index in [1.165, 1.54) is 10.9 Å². The number of halogens is 4. The van der Waals surface area contributed by atoms with Gasteiger partial charge in [-0.05, 0) is 36.2 Å². The lowest BCUT2D eigenvalue weighted by molar-refractivity contribution is -0.141. The van der Waals surface area contributed by atoms with Crippen molar-refractivity contribution in [2.24, 2.45) is 13.0 Å². The zero-order chi connectivity index (χ0) is 19.8. The van der Waals surface area contributed by atoms with E-state index in [9.17, 15) is 18.0 Å². The van der Waals surface area contributed by atoms with E-state index >= 15 is 0 Å². The minimum absolute atomic E-state index is 0.0981. The molecule has 144 valence electrons. The van der Waals surface area contributed by atoms with Gasteiger partial charge >= 0.3 is 6.18 Å². The number of amides is 1. The molecule has 1 atom stereocenters. The first-order valence-corrected chi connectivity index (χ1v) is 8.67. The Morgan fingerprint density at radius 3 is 2.70 bits per heavy atom. The second kappa shape index (κ2) is 7.26. The van der Waals surface area contributed by atoms with Crippen LogP contribution in [0.25, 0.3) is 10.9 Å². The van der Waals surface area contributed by atoms with Crippen LogP contribution < -0.4 is 5.32 Å². The van der Waals surface area contributed by atoms with Crippen LogP contribution in [0, 0.1) is 5.92 Å². The quantitative estimate of drug-likeness (QED) is 0.703. The highest BCUT2D eigenvalue weighted by atomic mass is 35.5. The van der Waals surface area contributed by atoms with Crippen molar-refractivity contribution < 1.29 is 18.0 Å². The van der Waals surface area contributed by atoms with Gasteiger partial charge in [-0.2, -0.15) is 18.3 Å². The van der Waals surface area contributed by atoms with Crippen molar-refractivity contribution in [1.82, 2.24) is 19.7 Å². The third kappa shape index (κ3) is 4.27. The highest BCUT2D eigenvalue weighted by molar-refractivity contribution is 6.31. The number of aryl methyl sites for hydroxylation is 1. The molecule has 3 rings (SSSR count). The van der Waals surface area contributed by atoms with Gasteiger partial charge in [0, 0.05) is 42.3 Å². The van der Waals surface area contributed by atoms with E-state index < -0.39 is 11.9 Å². The van der Waals surface area contributed by atoms with E-state index in [0.29, 0.717) is 17.3 Å². The maximum absolute atomic E-state index is 12.6. The normalized spacial score (nSPS) is 13.1. The summed E-state index contributed by atoms with van der Waals surface area (Å²) in [6, 6.07) is 8.07. The molecular formula is C18H18ClF3N4O. The molecule has 5 nitrogen and oxygen atoms in total. The van der Waals surface area contributed by atoms with Gasteiger partial charge in [0.15, 0.2) is 5.69 Å². The molecule has 9 heteroatoms. The molecular weight excluding hydrogens is 381 g/mol. The molecule has 0 saturated heterocycles. The molecule has 1 N–H and O–H groups in total. The number of alkyl halides is 3. The monoisotopic (exact) mass is 398 g/mol. The van der Waals surface area contributed by atoms with Crippen LogP contribution in [0.2, 0.25) is 5.02 Å². The molecule has 1 unspecified atom stereocenters. The van der Waals surface area contributed by atoms with Gasteiger partial charge in [0.05, 0.1) is 0 Å². The number of carbonyl (C=O) groups is 1. The van der Waals surface area contributed by atoms with Gasteiger partial charge in [-0.25, -0.2) is 0 Å². The van der Waals surface area contributed by atoms with Crippen LogP contribution in [0.1, 0.15) is 23.1 Å². The minimum atomic E-state index is -4.46. The highest BCUT2D eigenvalue weighted by Crippen LogP contribution is 2.27. The zero-order valence-electron chi connectivity index (χ0n) is 14.7. The molecule has 0 radical (unpaired) electrons. The average molecular weight is 399 g/mol. The van der Waals surface area contributed by atoms with Crippen molar-refractivity contribution in [3.8, 4) is 0 Å². The number of nitrogens with one attached hydrogen (secondary N) is 1. The Labute approximate surface area is 158 Å². The molecule has 0 saturated carbocycles. The Morgan fingerprint density at radius 1 is 1.30 bits per heavy atom. The van der Waals surface area contributed by atoms with Crippen LogP contribution in [0.15, 0.2) is 36.5 Å². The summed E-state index contributed by atoms with van der Waals surface area (Å²) in [5.74, 6) is -0.354. The fourth-order valence-electron chi connectivity index (χ4n) is 2.89. The van der Waals surface area contributed by atoms with Crippen molar-refractivity contribution in [2.45, 2.75) is 19.6 Å². The third-order valence-corrected chi connectivity index (χ3v) is 4.51. The largest absolute Gasteiger partial charge is 0.435 e. The van der Waals surface area contributed by atoms with Crippen molar-refractivity contribution in [2.75, 3.05) is 6.54 Å². The van der Waals surface area contributed by atoms with Gasteiger partial charge in [-0.1, -0.05) is 18.5 Å². The van der Waals surface area contributed by atoms with Crippen LogP contribution in [0.5, 0.6) is 0 Å². The molecule has 0 aliphatic heterocycles. The van der Waals surface area contributed by atoms with Gasteiger partial charge in [-0.15, -0.1) is 0 Å². The number of hydrogen-bond acceptors (Lipinski definition) is 2. The molecule has 2 aromatic heterocycles. The van der Waals surface area contributed by atoms with Crippen LogP contribution in [-0.2, 0) is 19.8 Å². The fraction of sp³-hybridized carbons (Fsp3) is 0.333. The van der Waals surface area contributed by atoms with Gasteiger partial charge in [0.2, 0.25) is 0 Å². The smallest absolute Gasteiger partial charge is 0.350 e. The number of hydrogen-bond donors (Lipinski definition) is 1. The van der Waals surface area contributed by atoms with Gasteiger partial charge in [-0.3, -0.25) is 9.48 Å². The number of benzene rings is 1. The minimum Gasteiger partial charge on any atom is -0.350 e. The number of aromatic nitrogens is 3. The second-order valence-electron chi connectivity index (χ2n) is 6.53. The van der Waals surface area contributed by atoms with E-state index in [0.717, 1.165) is 17.0 Å². The van der Waals surface area contributed by atoms with E-state index in [2.05, 4.69) is 10.4 Å². The summed E-state index contributed by atoms with van der Waals surface area (Å²) in [5.41, 5.74) is 0.444.